The van der Waals surface area contributed by atoms with Crippen LogP contribution < -0.4 is 4.89 Å². The van der Waals surface area contributed by atoms with Gasteiger partial charge >= 0.3 is 11.9 Å². The molecule has 0 saturated heterocycles. The number of carbonyl (C=O) groups excluding carboxylic acids is 2. The molecule has 0 radical (unpaired) electrons. The number of carbonyl (C=O) groups is 2. The number of quaternary nitrogens is 1. The maximum Gasteiger partial charge on any atom is 0.306 e. The Hall–Kier alpha value is -2.29. The highest BCUT2D eigenvalue weighted by molar-refractivity contribution is 7.45. The molecule has 0 bridgehead atoms. The van der Waals surface area contributed by atoms with Crippen LogP contribution in [0.1, 0.15) is 149 Å². The van der Waals surface area contributed by atoms with Crippen LogP contribution in [0.15, 0.2) is 60.8 Å². The molecule has 0 heterocycles. The molecule has 2 unspecified atom stereocenters. The van der Waals surface area contributed by atoms with Crippen molar-refractivity contribution in [2.75, 3.05) is 47.5 Å². The minimum Gasteiger partial charge on any atom is -0.756 e. The number of likely N-dealkylation sites (N-methyl/N-ethyl adjacent to an activating group) is 1. The number of ether oxygens (including phenoxy) is 2. The second-order valence-corrected chi connectivity index (χ2v) is 16.1. The van der Waals surface area contributed by atoms with Gasteiger partial charge in [0, 0.05) is 12.8 Å². The lowest BCUT2D eigenvalue weighted by atomic mass is 10.1. The van der Waals surface area contributed by atoms with Crippen molar-refractivity contribution in [3.05, 3.63) is 60.8 Å². The van der Waals surface area contributed by atoms with Crippen molar-refractivity contribution in [3.8, 4) is 0 Å². The quantitative estimate of drug-likeness (QED) is 0.0204. The third-order valence-corrected chi connectivity index (χ3v) is 9.32. The predicted octanol–water partition coefficient (Wildman–Crippen LogP) is 10.7. The molecule has 53 heavy (non-hydrogen) atoms. The largest absolute Gasteiger partial charge is 0.756 e. The summed E-state index contributed by atoms with van der Waals surface area (Å²) >= 11 is 0. The summed E-state index contributed by atoms with van der Waals surface area (Å²) in [5, 5.41) is 0. The zero-order chi connectivity index (χ0) is 39.3. The fourth-order valence-electron chi connectivity index (χ4n) is 5.11. The van der Waals surface area contributed by atoms with Gasteiger partial charge in [0.1, 0.15) is 19.8 Å². The van der Waals surface area contributed by atoms with E-state index in [-0.39, 0.29) is 26.1 Å². The third-order valence-electron chi connectivity index (χ3n) is 8.36. The summed E-state index contributed by atoms with van der Waals surface area (Å²) < 4.78 is 33.8. The number of allylic oxidation sites excluding steroid dienone is 10. The summed E-state index contributed by atoms with van der Waals surface area (Å²) in [5.74, 6) is -0.896. The van der Waals surface area contributed by atoms with E-state index < -0.39 is 32.5 Å². The van der Waals surface area contributed by atoms with Crippen molar-refractivity contribution in [2.45, 2.75) is 155 Å². The van der Waals surface area contributed by atoms with Crippen LogP contribution in [-0.2, 0) is 32.7 Å². The van der Waals surface area contributed by atoms with Crippen molar-refractivity contribution in [2.24, 2.45) is 0 Å². The van der Waals surface area contributed by atoms with Crippen LogP contribution >= 0.6 is 7.82 Å². The molecule has 0 rings (SSSR count). The summed E-state index contributed by atoms with van der Waals surface area (Å²) in [6, 6.07) is 0. The second kappa shape index (κ2) is 35.4. The summed E-state index contributed by atoms with van der Waals surface area (Å²) in [5.41, 5.74) is 0. The number of phosphoric ester groups is 1. The Bertz CT molecular complexity index is 1090. The van der Waals surface area contributed by atoms with Gasteiger partial charge < -0.3 is 27.9 Å². The lowest BCUT2D eigenvalue weighted by Gasteiger charge is -2.28. The van der Waals surface area contributed by atoms with E-state index in [4.69, 9.17) is 18.5 Å². The maximum atomic E-state index is 12.6. The topological polar surface area (TPSA) is 111 Å². The first-order chi connectivity index (χ1) is 25.5. The standard InChI is InChI=1S/C43H76NO8P/c1-6-8-10-12-14-16-18-20-21-22-24-25-27-29-31-33-35-42(45)49-39-41(40-51-53(47,48)50-38-37-44(3,4)5)52-43(46)36-34-32-30-28-26-23-19-17-15-13-11-9-7-2/h9,11,13,15,17,19,21-22,24-25,41H,6-8,10,12,14,16,18,20,23,26-40H2,1-5H3/b11-9+,15-13+,19-17+,22-21+,25-24+. The predicted molar refractivity (Wildman–Crippen MR) is 217 cm³/mol. The van der Waals surface area contributed by atoms with E-state index >= 15 is 0 Å². The second-order valence-electron chi connectivity index (χ2n) is 14.7. The number of phosphoric acid groups is 1. The first kappa shape index (κ1) is 50.7. The Balaban J connectivity index is 4.48. The fraction of sp³-hybridized carbons (Fsp3) is 0.721. The van der Waals surface area contributed by atoms with Gasteiger partial charge in [-0.1, -0.05) is 139 Å². The molecule has 0 saturated carbocycles. The molecule has 306 valence electrons. The summed E-state index contributed by atoms with van der Waals surface area (Å²) in [6.07, 6.45) is 41.1. The van der Waals surface area contributed by atoms with Crippen molar-refractivity contribution in [3.63, 3.8) is 0 Å². The molecule has 0 aromatic rings. The van der Waals surface area contributed by atoms with Gasteiger partial charge in [-0.3, -0.25) is 14.2 Å². The van der Waals surface area contributed by atoms with Crippen molar-refractivity contribution in [1.82, 2.24) is 0 Å². The molecular formula is C43H76NO8P. The summed E-state index contributed by atoms with van der Waals surface area (Å²) in [4.78, 5) is 37.4. The highest BCUT2D eigenvalue weighted by Gasteiger charge is 2.21. The average Bonchev–Trinajstić information content (AvgIpc) is 3.10. The third kappa shape index (κ3) is 39.2. The zero-order valence-electron chi connectivity index (χ0n) is 34.2. The lowest BCUT2D eigenvalue weighted by molar-refractivity contribution is -0.870. The van der Waals surface area contributed by atoms with Gasteiger partial charge in [-0.05, 0) is 57.8 Å². The van der Waals surface area contributed by atoms with Gasteiger partial charge in [-0.15, -0.1) is 0 Å². The van der Waals surface area contributed by atoms with E-state index in [1.54, 1.807) is 0 Å². The number of esters is 2. The molecule has 0 aliphatic carbocycles. The molecule has 0 N–H and O–H groups in total. The van der Waals surface area contributed by atoms with Gasteiger partial charge in [0.05, 0.1) is 27.7 Å². The SMILES string of the molecule is CC/C=C/C=C/C=C/CCCCCCCC(=O)OC(COC(=O)CCCCC/C=C/C=C/CCCCCCCCC)COP(=O)([O-])OCC[N+](C)(C)C. The van der Waals surface area contributed by atoms with Crippen molar-refractivity contribution < 1.29 is 42.1 Å². The molecule has 0 aromatic heterocycles. The summed E-state index contributed by atoms with van der Waals surface area (Å²) in [6.45, 7) is 4.01. The van der Waals surface area contributed by atoms with Crippen LogP contribution in [0.3, 0.4) is 0 Å². The Morgan fingerprint density at radius 3 is 1.62 bits per heavy atom. The highest BCUT2D eigenvalue weighted by Crippen LogP contribution is 2.38. The van der Waals surface area contributed by atoms with Crippen LogP contribution in [0.2, 0.25) is 0 Å². The van der Waals surface area contributed by atoms with Crippen LogP contribution in [0, 0.1) is 0 Å². The molecule has 10 heteroatoms. The number of rotatable bonds is 36. The van der Waals surface area contributed by atoms with E-state index in [1.807, 2.05) is 39.4 Å². The van der Waals surface area contributed by atoms with E-state index in [2.05, 4.69) is 56.4 Å². The monoisotopic (exact) mass is 766 g/mol. The minimum absolute atomic E-state index is 0.0422. The van der Waals surface area contributed by atoms with Crippen molar-refractivity contribution in [1.29, 1.82) is 0 Å². The van der Waals surface area contributed by atoms with E-state index in [9.17, 15) is 19.0 Å². The molecule has 0 aliphatic rings. The molecule has 0 fully saturated rings. The normalized spacial score (nSPS) is 14.3. The molecule has 2 atom stereocenters. The van der Waals surface area contributed by atoms with E-state index in [0.29, 0.717) is 23.9 Å². The van der Waals surface area contributed by atoms with Gasteiger partial charge in [0.15, 0.2) is 6.10 Å². The number of hydrogen-bond donors (Lipinski definition) is 0. The van der Waals surface area contributed by atoms with Crippen LogP contribution in [0.25, 0.3) is 0 Å². The molecule has 9 nitrogen and oxygen atoms in total. The Labute approximate surface area is 324 Å². The highest BCUT2D eigenvalue weighted by atomic mass is 31.2. The molecule has 0 spiro atoms. The number of hydrogen-bond acceptors (Lipinski definition) is 8. The van der Waals surface area contributed by atoms with E-state index in [1.165, 1.54) is 44.9 Å². The van der Waals surface area contributed by atoms with Crippen LogP contribution in [0.5, 0.6) is 0 Å². The average molecular weight is 766 g/mol. The number of nitrogens with zero attached hydrogens (tertiary/aromatic N) is 1. The van der Waals surface area contributed by atoms with Crippen LogP contribution in [-0.4, -0.2) is 70.0 Å². The van der Waals surface area contributed by atoms with Crippen LogP contribution in [0.4, 0.5) is 0 Å². The molecule has 0 amide bonds. The summed E-state index contributed by atoms with van der Waals surface area (Å²) in [7, 11) is 1.12. The lowest BCUT2D eigenvalue weighted by Crippen LogP contribution is -2.37. The zero-order valence-corrected chi connectivity index (χ0v) is 35.1. The number of unbranched alkanes of at least 4 members (excludes halogenated alkanes) is 15. The molecule has 0 aliphatic heterocycles. The molecule has 0 aromatic carbocycles. The van der Waals surface area contributed by atoms with Crippen molar-refractivity contribution >= 4 is 19.8 Å². The fourth-order valence-corrected chi connectivity index (χ4v) is 5.84. The Morgan fingerprint density at radius 1 is 0.604 bits per heavy atom. The van der Waals surface area contributed by atoms with Gasteiger partial charge in [-0.2, -0.15) is 0 Å². The smallest absolute Gasteiger partial charge is 0.306 e. The molecular weight excluding hydrogens is 689 g/mol. The van der Waals surface area contributed by atoms with Gasteiger partial charge in [0.2, 0.25) is 0 Å². The van der Waals surface area contributed by atoms with Gasteiger partial charge in [-0.25, -0.2) is 0 Å². The first-order valence-corrected chi connectivity index (χ1v) is 22.0. The first-order valence-electron chi connectivity index (χ1n) is 20.5. The van der Waals surface area contributed by atoms with Gasteiger partial charge in [0.25, 0.3) is 7.82 Å². The maximum absolute atomic E-state index is 12.6. The minimum atomic E-state index is -4.63. The Kier molecular flexibility index (Phi) is 33.9. The Morgan fingerprint density at radius 2 is 1.08 bits per heavy atom. The van der Waals surface area contributed by atoms with E-state index in [0.717, 1.165) is 64.2 Å².